The molecule has 0 fully saturated rings. The number of para-hydroxylation sites is 1. The molecule has 0 saturated carbocycles. The lowest BCUT2D eigenvalue weighted by atomic mass is 10.0. The van der Waals surface area contributed by atoms with Crippen molar-refractivity contribution >= 4 is 29.0 Å². The van der Waals surface area contributed by atoms with Crippen molar-refractivity contribution in [2.45, 2.75) is 18.5 Å². The van der Waals surface area contributed by atoms with E-state index in [1.165, 1.54) is 11.9 Å². The summed E-state index contributed by atoms with van der Waals surface area (Å²) in [6.07, 6.45) is -11.7. The fourth-order valence-corrected chi connectivity index (χ4v) is 3.76. The number of likely N-dealkylation sites (N-methyl/N-ethyl adjacent to an activating group) is 1. The minimum absolute atomic E-state index is 0.0550. The summed E-state index contributed by atoms with van der Waals surface area (Å²) in [6, 6.07) is 15.1. The highest BCUT2D eigenvalue weighted by Gasteiger charge is 2.37. The van der Waals surface area contributed by atoms with Crippen molar-refractivity contribution < 1.29 is 35.9 Å². The molecule has 0 aromatic heterocycles. The van der Waals surface area contributed by atoms with Gasteiger partial charge in [0.15, 0.2) is 0 Å². The van der Waals surface area contributed by atoms with Crippen molar-refractivity contribution in [1.82, 2.24) is 5.32 Å². The van der Waals surface area contributed by atoms with Gasteiger partial charge in [-0.3, -0.25) is 4.79 Å². The normalized spacial score (nSPS) is 16.0. The monoisotopic (exact) mass is 520 g/mol. The fraction of sp³-hybridized carbons (Fsp3) is 0.160. The number of anilines is 2. The van der Waals surface area contributed by atoms with E-state index in [-0.39, 0.29) is 6.07 Å². The number of benzodiazepines with no additional fused rings is 1. The second-order valence-corrected chi connectivity index (χ2v) is 8.05. The predicted octanol–water partition coefficient (Wildman–Crippen LogP) is 5.69. The zero-order valence-electron chi connectivity index (χ0n) is 19.0. The van der Waals surface area contributed by atoms with E-state index in [1.807, 2.05) is 5.32 Å². The number of amides is 3. The molecule has 192 valence electrons. The number of benzene rings is 3. The number of nitrogens with zero attached hydrogens (tertiary/aromatic N) is 2. The minimum atomic E-state index is -5.09. The van der Waals surface area contributed by atoms with Crippen LogP contribution in [0.2, 0.25) is 0 Å². The third-order valence-electron chi connectivity index (χ3n) is 5.50. The van der Waals surface area contributed by atoms with Crippen LogP contribution in [-0.2, 0) is 17.1 Å². The molecule has 2 N–H and O–H groups in total. The maximum Gasteiger partial charge on any atom is 0.416 e. The molecule has 1 aliphatic rings. The van der Waals surface area contributed by atoms with Gasteiger partial charge < -0.3 is 15.5 Å². The second kappa shape index (κ2) is 9.60. The van der Waals surface area contributed by atoms with E-state index in [4.69, 9.17) is 0 Å². The van der Waals surface area contributed by atoms with Crippen LogP contribution in [-0.4, -0.2) is 30.9 Å². The maximum atomic E-state index is 13.2. The molecule has 1 aliphatic heterocycles. The maximum absolute atomic E-state index is 13.2. The summed E-state index contributed by atoms with van der Waals surface area (Å²) in [4.78, 5) is 31.4. The lowest BCUT2D eigenvalue weighted by Crippen LogP contribution is -2.47. The van der Waals surface area contributed by atoms with Gasteiger partial charge in [-0.25, -0.2) is 9.79 Å². The summed E-state index contributed by atoms with van der Waals surface area (Å²) in [5.41, 5.74) is -1.89. The van der Waals surface area contributed by atoms with Crippen LogP contribution in [0.15, 0.2) is 77.8 Å². The highest BCUT2D eigenvalue weighted by molar-refractivity contribution is 6.20. The Labute approximate surface area is 206 Å². The number of hydrogen-bond acceptors (Lipinski definition) is 3. The molecule has 0 spiro atoms. The molecule has 12 heteroatoms. The van der Waals surface area contributed by atoms with Crippen LogP contribution >= 0.6 is 0 Å². The Kier molecular flexibility index (Phi) is 6.68. The number of aliphatic imine (C=N–C) groups is 1. The average Bonchev–Trinajstić information content (AvgIpc) is 2.94. The average molecular weight is 520 g/mol. The Morgan fingerprint density at radius 3 is 2.03 bits per heavy atom. The first-order valence-corrected chi connectivity index (χ1v) is 10.7. The van der Waals surface area contributed by atoms with Crippen molar-refractivity contribution in [3.63, 3.8) is 0 Å². The largest absolute Gasteiger partial charge is 0.416 e. The predicted molar refractivity (Wildman–Crippen MR) is 124 cm³/mol. The second-order valence-electron chi connectivity index (χ2n) is 8.05. The SMILES string of the molecule is CN1C(=O)[C@H](NC(=O)Nc2cc(C(F)(F)F)cc(C(F)(F)F)c2)N=C(c2ccccc2)c2ccccc21. The molecule has 37 heavy (non-hydrogen) atoms. The molecule has 0 bridgehead atoms. The van der Waals surface area contributed by atoms with Crippen LogP contribution < -0.4 is 15.5 Å². The van der Waals surface area contributed by atoms with E-state index in [2.05, 4.69) is 10.3 Å². The van der Waals surface area contributed by atoms with E-state index in [0.717, 1.165) is 0 Å². The third-order valence-corrected chi connectivity index (χ3v) is 5.50. The van der Waals surface area contributed by atoms with Crippen LogP contribution in [0, 0.1) is 0 Å². The van der Waals surface area contributed by atoms with Crippen molar-refractivity contribution in [3.8, 4) is 0 Å². The van der Waals surface area contributed by atoms with Crippen LogP contribution in [0.4, 0.5) is 42.5 Å². The number of rotatable bonds is 3. The molecular weight excluding hydrogens is 502 g/mol. The van der Waals surface area contributed by atoms with Crippen molar-refractivity contribution in [1.29, 1.82) is 0 Å². The highest BCUT2D eigenvalue weighted by atomic mass is 19.4. The van der Waals surface area contributed by atoms with Gasteiger partial charge in [0.2, 0.25) is 6.17 Å². The number of fused-ring (bicyclic) bond motifs is 1. The molecule has 3 aromatic carbocycles. The van der Waals surface area contributed by atoms with E-state index >= 15 is 0 Å². The Bertz CT molecular complexity index is 1340. The van der Waals surface area contributed by atoms with E-state index < -0.39 is 47.3 Å². The lowest BCUT2D eigenvalue weighted by molar-refractivity contribution is -0.143. The van der Waals surface area contributed by atoms with Crippen molar-refractivity contribution in [3.05, 3.63) is 95.1 Å². The van der Waals surface area contributed by atoms with Gasteiger partial charge in [-0.1, -0.05) is 48.5 Å². The number of carbonyl (C=O) groups is 2. The third kappa shape index (κ3) is 5.57. The van der Waals surface area contributed by atoms with Gasteiger partial charge in [-0.05, 0) is 24.3 Å². The lowest BCUT2D eigenvalue weighted by Gasteiger charge is -2.21. The Balaban J connectivity index is 1.68. The summed E-state index contributed by atoms with van der Waals surface area (Å²) in [6.45, 7) is 0. The highest BCUT2D eigenvalue weighted by Crippen LogP contribution is 2.37. The first-order valence-electron chi connectivity index (χ1n) is 10.7. The molecule has 0 unspecified atom stereocenters. The zero-order chi connectivity index (χ0) is 27.0. The smallest absolute Gasteiger partial charge is 0.311 e. The van der Waals surface area contributed by atoms with Gasteiger partial charge in [0, 0.05) is 23.9 Å². The molecule has 6 nitrogen and oxygen atoms in total. The zero-order valence-corrected chi connectivity index (χ0v) is 19.0. The molecule has 1 heterocycles. The van der Waals surface area contributed by atoms with Crippen LogP contribution in [0.25, 0.3) is 0 Å². The van der Waals surface area contributed by atoms with E-state index in [9.17, 15) is 35.9 Å². The summed E-state index contributed by atoms with van der Waals surface area (Å²) >= 11 is 0. The van der Waals surface area contributed by atoms with Gasteiger partial charge in [0.05, 0.1) is 22.5 Å². The molecule has 3 aromatic rings. The summed E-state index contributed by atoms with van der Waals surface area (Å²) in [5.74, 6) is -0.673. The molecule has 1 atom stereocenters. The van der Waals surface area contributed by atoms with Crippen LogP contribution in [0.5, 0.6) is 0 Å². The number of nitrogens with one attached hydrogen (secondary N) is 2. The summed E-state index contributed by atoms with van der Waals surface area (Å²) in [7, 11) is 1.46. The first kappa shape index (κ1) is 25.7. The summed E-state index contributed by atoms with van der Waals surface area (Å²) in [5, 5.41) is 4.20. The standard InChI is InChI=1S/C25H18F6N4O2/c1-35-19-10-6-5-9-18(19)20(14-7-3-2-4-8-14)33-21(22(35)36)34-23(37)32-17-12-15(24(26,27)28)11-16(13-17)25(29,30)31/h2-13,21H,1H3,(H2,32,34,37)/t21-/m0/s1. The van der Waals surface area contributed by atoms with Crippen LogP contribution in [0.1, 0.15) is 22.3 Å². The first-order chi connectivity index (χ1) is 17.3. The Morgan fingerprint density at radius 2 is 1.43 bits per heavy atom. The van der Waals surface area contributed by atoms with Crippen LogP contribution in [0.3, 0.4) is 0 Å². The van der Waals surface area contributed by atoms with Crippen molar-refractivity contribution in [2.75, 3.05) is 17.3 Å². The number of halogens is 6. The molecule has 0 aliphatic carbocycles. The van der Waals surface area contributed by atoms with Gasteiger partial charge in [-0.15, -0.1) is 0 Å². The molecule has 3 amide bonds. The van der Waals surface area contributed by atoms with Crippen molar-refractivity contribution in [2.24, 2.45) is 4.99 Å². The van der Waals surface area contributed by atoms with Gasteiger partial charge in [0.25, 0.3) is 5.91 Å². The molecule has 0 radical (unpaired) electrons. The Morgan fingerprint density at radius 1 is 0.865 bits per heavy atom. The minimum Gasteiger partial charge on any atom is -0.311 e. The Hall–Kier alpha value is -4.35. The fourth-order valence-electron chi connectivity index (χ4n) is 3.76. The quantitative estimate of drug-likeness (QED) is 0.436. The number of alkyl halides is 6. The van der Waals surface area contributed by atoms with Gasteiger partial charge in [-0.2, -0.15) is 26.3 Å². The number of hydrogen-bond donors (Lipinski definition) is 2. The summed E-state index contributed by atoms with van der Waals surface area (Å²) < 4.78 is 78.9. The number of carbonyl (C=O) groups excluding carboxylic acids is 2. The topological polar surface area (TPSA) is 73.8 Å². The molecule has 0 saturated heterocycles. The van der Waals surface area contributed by atoms with Gasteiger partial charge >= 0.3 is 18.4 Å². The number of urea groups is 1. The molecular formula is C25H18F6N4O2. The molecule has 4 rings (SSSR count). The van der Waals surface area contributed by atoms with E-state index in [0.29, 0.717) is 34.7 Å². The van der Waals surface area contributed by atoms with E-state index in [1.54, 1.807) is 54.6 Å². The van der Waals surface area contributed by atoms with Gasteiger partial charge in [0.1, 0.15) is 0 Å².